The highest BCUT2D eigenvalue weighted by Crippen LogP contribution is 2.30. The summed E-state index contributed by atoms with van der Waals surface area (Å²) in [6.45, 7) is 4.55. The van der Waals surface area contributed by atoms with Crippen molar-refractivity contribution < 1.29 is 22.7 Å². The van der Waals surface area contributed by atoms with Gasteiger partial charge in [0.1, 0.15) is 11.5 Å². The van der Waals surface area contributed by atoms with Gasteiger partial charge in [0.15, 0.2) is 5.84 Å². The van der Waals surface area contributed by atoms with Crippen molar-refractivity contribution in [2.75, 3.05) is 19.0 Å². The van der Waals surface area contributed by atoms with Crippen LogP contribution >= 0.6 is 11.8 Å². The average molecular weight is 513 g/mol. The molecule has 0 saturated carbocycles. The first kappa shape index (κ1) is 24.7. The largest absolute Gasteiger partial charge is 0.493 e. The fraction of sp³-hybridized carbons (Fsp3) is 0.250. The van der Waals surface area contributed by atoms with Crippen LogP contribution in [0.15, 0.2) is 64.2 Å². The zero-order valence-electron chi connectivity index (χ0n) is 19.2. The molecule has 0 unspecified atom stereocenters. The Bertz CT molecular complexity index is 1350. The Morgan fingerprint density at radius 3 is 2.49 bits per heavy atom. The Balaban J connectivity index is 1.34. The van der Waals surface area contributed by atoms with Crippen LogP contribution in [0.5, 0.6) is 11.5 Å². The number of thioether (sulfide) groups is 1. The maximum atomic E-state index is 12.5. The number of benzene rings is 2. The van der Waals surface area contributed by atoms with E-state index in [4.69, 9.17) is 14.9 Å². The van der Waals surface area contributed by atoms with Crippen LogP contribution in [-0.4, -0.2) is 53.7 Å². The van der Waals surface area contributed by atoms with Crippen LogP contribution in [0.4, 0.5) is 0 Å². The van der Waals surface area contributed by atoms with Crippen LogP contribution in [0.1, 0.15) is 24.5 Å². The zero-order valence-corrected chi connectivity index (χ0v) is 20.9. The zero-order chi connectivity index (χ0) is 25.0. The molecule has 0 atom stereocenters. The Kier molecular flexibility index (Phi) is 7.37. The number of rotatable bonds is 8. The number of sulfone groups is 1. The molecule has 2 aromatic carbocycles. The molecule has 2 heterocycles. The molecule has 35 heavy (non-hydrogen) atoms. The van der Waals surface area contributed by atoms with Gasteiger partial charge in [0.25, 0.3) is 5.91 Å². The van der Waals surface area contributed by atoms with Gasteiger partial charge in [0.2, 0.25) is 19.4 Å². The molecule has 0 bridgehead atoms. The van der Waals surface area contributed by atoms with Gasteiger partial charge in [0.05, 0.1) is 24.5 Å². The second-order valence-corrected chi connectivity index (χ2v) is 11.1. The molecule has 2 aliphatic heterocycles. The second kappa shape index (κ2) is 10.4. The summed E-state index contributed by atoms with van der Waals surface area (Å²) < 4.78 is 35.5. The standard InChI is InChI=1S/C24H24N4O5S2/c1-3-35(30,31)24-27-28-21(25)20(22(29)26-23(28)34-24)15-17-8-10-18(11-9-17)32-12-5-13-33-19-7-4-6-16(2)14-19/h4,6-11,14-15,25H,3,5,12-13H2,1-2H3/b20-15-,25-21?. The van der Waals surface area contributed by atoms with Crippen LogP contribution in [0.25, 0.3) is 6.08 Å². The minimum absolute atomic E-state index is 0.0233. The Morgan fingerprint density at radius 1 is 1.09 bits per heavy atom. The minimum Gasteiger partial charge on any atom is -0.493 e. The van der Waals surface area contributed by atoms with E-state index in [0.29, 0.717) is 24.5 Å². The first-order valence-corrected chi connectivity index (χ1v) is 13.4. The van der Waals surface area contributed by atoms with Gasteiger partial charge >= 0.3 is 0 Å². The number of fused-ring (bicyclic) bond motifs is 1. The molecule has 0 aliphatic carbocycles. The fourth-order valence-corrected chi connectivity index (χ4v) is 5.36. The van der Waals surface area contributed by atoms with Gasteiger partial charge in [-0.15, -0.1) is 5.10 Å². The van der Waals surface area contributed by atoms with E-state index in [-0.39, 0.29) is 26.7 Å². The van der Waals surface area contributed by atoms with Crippen molar-refractivity contribution in [2.24, 2.45) is 10.1 Å². The fourth-order valence-electron chi connectivity index (χ4n) is 3.19. The van der Waals surface area contributed by atoms with Crippen LogP contribution in [0.2, 0.25) is 0 Å². The number of amidine groups is 2. The second-order valence-electron chi connectivity index (χ2n) is 7.73. The SMILES string of the molecule is CCS(=O)(=O)C1=NN2C(=N)/C(=C/c3ccc(OCCCOc4cccc(C)c4)cc3)C(=O)N=C2S1. The van der Waals surface area contributed by atoms with E-state index in [1.807, 2.05) is 31.2 Å². The van der Waals surface area contributed by atoms with Crippen molar-refractivity contribution in [3.05, 3.63) is 65.2 Å². The molecule has 182 valence electrons. The summed E-state index contributed by atoms with van der Waals surface area (Å²) in [5.41, 5.74) is 1.84. The molecule has 0 fully saturated rings. The third-order valence-corrected chi connectivity index (χ3v) is 8.18. The lowest BCUT2D eigenvalue weighted by Crippen LogP contribution is -2.35. The van der Waals surface area contributed by atoms with Crippen LogP contribution in [0.3, 0.4) is 0 Å². The van der Waals surface area contributed by atoms with Crippen molar-refractivity contribution in [1.82, 2.24) is 5.01 Å². The third kappa shape index (κ3) is 5.80. The van der Waals surface area contributed by atoms with Crippen molar-refractivity contribution in [3.63, 3.8) is 0 Å². The third-order valence-electron chi connectivity index (χ3n) is 5.09. The van der Waals surface area contributed by atoms with Crippen LogP contribution < -0.4 is 9.47 Å². The number of hydrogen-bond donors (Lipinski definition) is 1. The monoisotopic (exact) mass is 512 g/mol. The van der Waals surface area contributed by atoms with Gasteiger partial charge in [-0.2, -0.15) is 10.0 Å². The number of hydrogen-bond acceptors (Lipinski definition) is 8. The number of nitrogens with zero attached hydrogens (tertiary/aromatic N) is 3. The normalized spacial score (nSPS) is 16.7. The van der Waals surface area contributed by atoms with Crippen LogP contribution in [0, 0.1) is 12.3 Å². The molecule has 0 spiro atoms. The van der Waals surface area contributed by atoms with Gasteiger partial charge in [-0.3, -0.25) is 10.2 Å². The van der Waals surface area contributed by atoms with Gasteiger partial charge in [0, 0.05) is 6.42 Å². The molecule has 0 aromatic heterocycles. The Hall–Kier alpha value is -3.44. The van der Waals surface area contributed by atoms with E-state index in [0.717, 1.165) is 34.5 Å². The van der Waals surface area contributed by atoms with Gasteiger partial charge in [-0.25, -0.2) is 8.42 Å². The average Bonchev–Trinajstić information content (AvgIpc) is 3.28. The summed E-state index contributed by atoms with van der Waals surface area (Å²) >= 11 is 0.778. The van der Waals surface area contributed by atoms with Crippen molar-refractivity contribution in [1.29, 1.82) is 5.41 Å². The molecular weight excluding hydrogens is 488 g/mol. The first-order chi connectivity index (χ1) is 16.8. The maximum Gasteiger partial charge on any atom is 0.283 e. The minimum atomic E-state index is -3.56. The molecule has 2 aliphatic rings. The summed E-state index contributed by atoms with van der Waals surface area (Å²) in [7, 11) is -3.56. The highest BCUT2D eigenvalue weighted by Gasteiger charge is 2.39. The summed E-state index contributed by atoms with van der Waals surface area (Å²) in [5.74, 6) is 0.542. The lowest BCUT2D eigenvalue weighted by Gasteiger charge is -2.20. The summed E-state index contributed by atoms with van der Waals surface area (Å²) in [6, 6.07) is 15.0. The number of carbonyl (C=O) groups is 1. The first-order valence-electron chi connectivity index (χ1n) is 10.9. The number of carbonyl (C=O) groups excluding carboxylic acids is 1. The van der Waals surface area contributed by atoms with E-state index in [2.05, 4.69) is 10.1 Å². The highest BCUT2D eigenvalue weighted by molar-refractivity contribution is 8.42. The predicted octanol–water partition coefficient (Wildman–Crippen LogP) is 3.85. The van der Waals surface area contributed by atoms with Crippen LogP contribution in [-0.2, 0) is 14.6 Å². The van der Waals surface area contributed by atoms with E-state index in [1.165, 1.54) is 13.0 Å². The number of hydrazone groups is 1. The summed E-state index contributed by atoms with van der Waals surface area (Å²) in [6.07, 6.45) is 2.24. The van der Waals surface area contributed by atoms with Crippen molar-refractivity contribution in [2.45, 2.75) is 20.3 Å². The molecule has 9 nitrogen and oxygen atoms in total. The lowest BCUT2D eigenvalue weighted by atomic mass is 10.1. The molecular formula is C24H24N4O5S2. The quantitative estimate of drug-likeness (QED) is 0.421. The van der Waals surface area contributed by atoms with E-state index >= 15 is 0 Å². The maximum absolute atomic E-state index is 12.5. The molecule has 4 rings (SSSR count). The van der Waals surface area contributed by atoms with E-state index in [1.54, 1.807) is 24.3 Å². The summed E-state index contributed by atoms with van der Waals surface area (Å²) in [4.78, 5) is 16.4. The number of aryl methyl sites for hydroxylation is 1. The van der Waals surface area contributed by atoms with Gasteiger partial charge in [-0.1, -0.05) is 31.2 Å². The Morgan fingerprint density at radius 2 is 1.80 bits per heavy atom. The molecule has 11 heteroatoms. The molecule has 1 N–H and O–H groups in total. The van der Waals surface area contributed by atoms with E-state index in [9.17, 15) is 13.2 Å². The molecule has 2 aromatic rings. The molecule has 0 saturated heterocycles. The molecule has 0 radical (unpaired) electrons. The lowest BCUT2D eigenvalue weighted by molar-refractivity contribution is -0.114. The highest BCUT2D eigenvalue weighted by atomic mass is 32.3. The smallest absolute Gasteiger partial charge is 0.283 e. The topological polar surface area (TPSA) is 121 Å². The predicted molar refractivity (Wildman–Crippen MR) is 138 cm³/mol. The van der Waals surface area contributed by atoms with E-state index < -0.39 is 15.7 Å². The van der Waals surface area contributed by atoms with Gasteiger partial charge in [-0.05, 0) is 60.2 Å². The van der Waals surface area contributed by atoms with Crippen molar-refractivity contribution in [3.8, 4) is 11.5 Å². The molecule has 1 amide bonds. The Labute approximate surface area is 208 Å². The number of amides is 1. The summed E-state index contributed by atoms with van der Waals surface area (Å²) in [5, 5.41) is 13.5. The van der Waals surface area contributed by atoms with Gasteiger partial charge < -0.3 is 9.47 Å². The van der Waals surface area contributed by atoms with Crippen molar-refractivity contribution >= 4 is 49.0 Å². The number of ether oxygens (including phenoxy) is 2. The number of aliphatic imine (C=N–C) groups is 1. The number of nitrogens with one attached hydrogen (secondary N) is 1.